The summed E-state index contributed by atoms with van der Waals surface area (Å²) in [4.78, 5) is 15.0. The minimum atomic E-state index is 0.631. The molecule has 0 unspecified atom stereocenters. The molecule has 0 atom stereocenters. The molecule has 0 radical (unpaired) electrons. The first-order valence-corrected chi connectivity index (χ1v) is 19.6. The minimum absolute atomic E-state index is 0.631. The van der Waals surface area contributed by atoms with Crippen LogP contribution in [0.3, 0.4) is 0 Å². The molecule has 0 spiro atoms. The third kappa shape index (κ3) is 5.07. The Morgan fingerprint density at radius 3 is 1.57 bits per heavy atom. The molecule has 58 heavy (non-hydrogen) atoms. The van der Waals surface area contributed by atoms with Gasteiger partial charge >= 0.3 is 0 Å². The average molecular weight is 740 g/mol. The maximum absolute atomic E-state index is 5.04. The van der Waals surface area contributed by atoms with Crippen LogP contribution in [-0.4, -0.2) is 24.1 Å². The van der Waals surface area contributed by atoms with Crippen LogP contribution in [0.25, 0.3) is 111 Å². The molecule has 0 fully saturated rings. The van der Waals surface area contributed by atoms with E-state index in [1.807, 2.05) is 60.7 Å². The molecule has 12 rings (SSSR count). The monoisotopic (exact) mass is 739 g/mol. The first-order valence-electron chi connectivity index (χ1n) is 19.6. The van der Waals surface area contributed by atoms with Gasteiger partial charge in [0.2, 0.25) is 0 Å². The van der Waals surface area contributed by atoms with Crippen LogP contribution in [0.15, 0.2) is 200 Å². The molecule has 0 aliphatic rings. The highest BCUT2D eigenvalue weighted by atomic mass is 15.0. The van der Waals surface area contributed by atoms with Crippen molar-refractivity contribution in [1.29, 1.82) is 0 Å². The summed E-state index contributed by atoms with van der Waals surface area (Å²) in [7, 11) is 0. The number of benzene rings is 9. The second kappa shape index (κ2) is 12.8. The van der Waals surface area contributed by atoms with Crippen molar-refractivity contribution < 1.29 is 0 Å². The molecule has 270 valence electrons. The Labute approximate surface area is 333 Å². The van der Waals surface area contributed by atoms with Crippen molar-refractivity contribution in [1.82, 2.24) is 24.1 Å². The van der Waals surface area contributed by atoms with Gasteiger partial charge in [-0.2, -0.15) is 0 Å². The molecule has 12 aromatic rings. The zero-order valence-electron chi connectivity index (χ0n) is 31.3. The van der Waals surface area contributed by atoms with Gasteiger partial charge in [0.25, 0.3) is 0 Å². The molecule has 0 N–H and O–H groups in total. The van der Waals surface area contributed by atoms with Crippen molar-refractivity contribution in [2.24, 2.45) is 0 Å². The molecule has 0 aliphatic carbocycles. The lowest BCUT2D eigenvalue weighted by atomic mass is 10.0. The topological polar surface area (TPSA) is 48.5 Å². The van der Waals surface area contributed by atoms with Gasteiger partial charge in [-0.15, -0.1) is 0 Å². The van der Waals surface area contributed by atoms with Gasteiger partial charge in [-0.05, 0) is 76.1 Å². The van der Waals surface area contributed by atoms with Gasteiger partial charge in [0.05, 0.1) is 22.1 Å². The van der Waals surface area contributed by atoms with E-state index in [4.69, 9.17) is 15.0 Å². The van der Waals surface area contributed by atoms with E-state index in [1.165, 1.54) is 54.1 Å². The highest BCUT2D eigenvalue weighted by Gasteiger charge is 2.18. The Kier molecular flexibility index (Phi) is 7.16. The number of hydrogen-bond donors (Lipinski definition) is 0. The maximum Gasteiger partial charge on any atom is 0.164 e. The largest absolute Gasteiger partial charge is 0.309 e. The van der Waals surface area contributed by atoms with Crippen molar-refractivity contribution in [3.63, 3.8) is 0 Å². The SMILES string of the molecule is c1ccc(-c2nc(-c3ccccc3)nc(-c3cccc(-n4c5ccccc5c5cc6cc(-n7c8ccccc8c8c9ccccc9ccc87)ccc6cc54)c3)n2)cc1. The molecular formula is C53H33N5. The van der Waals surface area contributed by atoms with Crippen LogP contribution in [0.4, 0.5) is 0 Å². The molecule has 0 bridgehead atoms. The van der Waals surface area contributed by atoms with Crippen LogP contribution in [0.2, 0.25) is 0 Å². The van der Waals surface area contributed by atoms with Crippen LogP contribution in [-0.2, 0) is 0 Å². The molecule has 5 nitrogen and oxygen atoms in total. The van der Waals surface area contributed by atoms with E-state index < -0.39 is 0 Å². The summed E-state index contributed by atoms with van der Waals surface area (Å²) in [6, 6.07) is 71.1. The minimum Gasteiger partial charge on any atom is -0.309 e. The summed E-state index contributed by atoms with van der Waals surface area (Å²) in [5.41, 5.74) is 9.71. The number of hydrogen-bond acceptors (Lipinski definition) is 3. The maximum atomic E-state index is 5.04. The van der Waals surface area contributed by atoms with E-state index >= 15 is 0 Å². The Balaban J connectivity index is 1.03. The van der Waals surface area contributed by atoms with Crippen LogP contribution in [0, 0.1) is 0 Å². The van der Waals surface area contributed by atoms with Crippen LogP contribution < -0.4 is 0 Å². The number of nitrogens with zero attached hydrogens (tertiary/aromatic N) is 5. The lowest BCUT2D eigenvalue weighted by Crippen LogP contribution is -2.01. The second-order valence-electron chi connectivity index (χ2n) is 14.9. The molecule has 0 saturated carbocycles. The number of rotatable bonds is 5. The molecule has 3 heterocycles. The van der Waals surface area contributed by atoms with Crippen LogP contribution >= 0.6 is 0 Å². The van der Waals surface area contributed by atoms with E-state index in [0.29, 0.717) is 17.5 Å². The summed E-state index contributed by atoms with van der Waals surface area (Å²) >= 11 is 0. The van der Waals surface area contributed by atoms with Crippen LogP contribution in [0.5, 0.6) is 0 Å². The smallest absolute Gasteiger partial charge is 0.164 e. The van der Waals surface area contributed by atoms with Gasteiger partial charge in [0.15, 0.2) is 17.5 Å². The van der Waals surface area contributed by atoms with Gasteiger partial charge in [-0.3, -0.25) is 0 Å². The van der Waals surface area contributed by atoms with Gasteiger partial charge in [0, 0.05) is 49.6 Å². The van der Waals surface area contributed by atoms with E-state index in [1.54, 1.807) is 0 Å². The van der Waals surface area contributed by atoms with E-state index in [2.05, 4.69) is 149 Å². The molecule has 0 aliphatic heterocycles. The van der Waals surface area contributed by atoms with Crippen molar-refractivity contribution in [2.45, 2.75) is 0 Å². The Bertz CT molecular complexity index is 3510. The Morgan fingerprint density at radius 1 is 0.276 bits per heavy atom. The quantitative estimate of drug-likeness (QED) is 0.177. The highest BCUT2D eigenvalue weighted by molar-refractivity contribution is 6.21. The number of fused-ring (bicyclic) bond motifs is 9. The molecule has 0 amide bonds. The fourth-order valence-corrected chi connectivity index (χ4v) is 8.86. The van der Waals surface area contributed by atoms with Gasteiger partial charge in [-0.1, -0.05) is 146 Å². The Morgan fingerprint density at radius 2 is 0.828 bits per heavy atom. The number of aromatic nitrogens is 5. The van der Waals surface area contributed by atoms with E-state index in [-0.39, 0.29) is 0 Å². The first kappa shape index (κ1) is 32.4. The van der Waals surface area contributed by atoms with Crippen molar-refractivity contribution >= 4 is 65.2 Å². The summed E-state index contributed by atoms with van der Waals surface area (Å²) in [5, 5.41) is 9.87. The average Bonchev–Trinajstić information content (AvgIpc) is 3.81. The van der Waals surface area contributed by atoms with E-state index in [9.17, 15) is 0 Å². The standard InChI is InChI=1S/C53H33N5/c1-3-15-35(16-4-1)51-54-52(36-17-5-2-6-18-36)56-53(55-51)38-19-13-20-40(30-38)58-46-24-11-9-22-43(46)45-32-39-31-41(28-26-37(39)33-49(45)58)57-47-25-12-10-23-44(47)50-42-21-8-7-14-34(42)27-29-48(50)57/h1-33H. The molecular weight excluding hydrogens is 707 g/mol. The predicted octanol–water partition coefficient (Wildman–Crippen LogP) is 13.4. The third-order valence-electron chi connectivity index (χ3n) is 11.5. The molecule has 9 aromatic carbocycles. The highest BCUT2D eigenvalue weighted by Crippen LogP contribution is 2.39. The predicted molar refractivity (Wildman–Crippen MR) is 240 cm³/mol. The van der Waals surface area contributed by atoms with E-state index in [0.717, 1.165) is 39.1 Å². The summed E-state index contributed by atoms with van der Waals surface area (Å²) in [6.45, 7) is 0. The lowest BCUT2D eigenvalue weighted by Gasteiger charge is -2.12. The first-order chi connectivity index (χ1) is 28.7. The summed E-state index contributed by atoms with van der Waals surface area (Å²) in [6.07, 6.45) is 0. The second-order valence-corrected chi connectivity index (χ2v) is 14.9. The zero-order chi connectivity index (χ0) is 38.2. The third-order valence-corrected chi connectivity index (χ3v) is 11.5. The lowest BCUT2D eigenvalue weighted by molar-refractivity contribution is 1.07. The molecule has 0 saturated heterocycles. The molecule has 3 aromatic heterocycles. The van der Waals surface area contributed by atoms with Crippen molar-refractivity contribution in [3.05, 3.63) is 200 Å². The normalized spacial score (nSPS) is 11.8. The van der Waals surface area contributed by atoms with Gasteiger partial charge < -0.3 is 9.13 Å². The molecule has 5 heteroatoms. The number of para-hydroxylation sites is 2. The Hall–Kier alpha value is -7.89. The summed E-state index contributed by atoms with van der Waals surface area (Å²) in [5.74, 6) is 1.92. The van der Waals surface area contributed by atoms with Gasteiger partial charge in [-0.25, -0.2) is 15.0 Å². The van der Waals surface area contributed by atoms with Crippen LogP contribution in [0.1, 0.15) is 0 Å². The fraction of sp³-hybridized carbons (Fsp3) is 0. The van der Waals surface area contributed by atoms with Crippen molar-refractivity contribution in [2.75, 3.05) is 0 Å². The van der Waals surface area contributed by atoms with Crippen molar-refractivity contribution in [3.8, 4) is 45.5 Å². The van der Waals surface area contributed by atoms with Gasteiger partial charge in [0.1, 0.15) is 0 Å². The zero-order valence-corrected chi connectivity index (χ0v) is 31.3. The summed E-state index contributed by atoms with van der Waals surface area (Å²) < 4.78 is 4.79. The fourth-order valence-electron chi connectivity index (χ4n) is 8.86.